The van der Waals surface area contributed by atoms with Crippen LogP contribution in [0.4, 0.5) is 0 Å². The van der Waals surface area contributed by atoms with Crippen LogP contribution in [0.1, 0.15) is 65.2 Å². The van der Waals surface area contributed by atoms with Crippen LogP contribution in [-0.2, 0) is 0 Å². The molecule has 8 atom stereocenters. The third kappa shape index (κ3) is 2.04. The summed E-state index contributed by atoms with van der Waals surface area (Å²) in [5.74, 6) is 2.83. The van der Waals surface area contributed by atoms with Crippen LogP contribution in [0.2, 0.25) is 0 Å². The smallest absolute Gasteiger partial charge is 0.0627 e. The first-order chi connectivity index (χ1) is 12.0. The highest BCUT2D eigenvalue weighted by Gasteiger charge is 2.69. The molecule has 0 radical (unpaired) electrons. The van der Waals surface area contributed by atoms with Crippen molar-refractivity contribution in [2.45, 2.75) is 71.3 Å². The minimum Gasteiger partial charge on any atom is -0.395 e. The predicted octanol–water partition coefficient (Wildman–Crippen LogP) is 3.29. The van der Waals surface area contributed by atoms with Gasteiger partial charge in [-0.25, -0.2) is 0 Å². The SMILES string of the molecule is C[C@H]1C(O)[C@]23CC[C@H]1C[C@H]2[C@@]12CCC[C@@](C)(CN(CCO)C1)[C@H]2CC3. The Kier molecular flexibility index (Phi) is 3.71. The number of fused-ring (bicyclic) bond motifs is 2. The molecular weight excluding hydrogens is 310 g/mol. The van der Waals surface area contributed by atoms with Crippen LogP contribution in [0.5, 0.6) is 0 Å². The summed E-state index contributed by atoms with van der Waals surface area (Å²) in [5.41, 5.74) is 1.06. The monoisotopic (exact) mass is 347 g/mol. The third-order valence-corrected chi connectivity index (χ3v) is 10.1. The molecule has 6 aliphatic rings. The van der Waals surface area contributed by atoms with Crippen LogP contribution >= 0.6 is 0 Å². The number of rotatable bonds is 2. The standard InChI is InChI=1S/C22H37NO2/c1-15-16-4-8-21(19(15)25)9-5-17-20(2)6-3-7-22(17,18(21)12-16)14-23(13-20)10-11-24/h15-19,24-25H,3-14H2,1-2H3/t15-,16+,17-,18-,19?,20+,21+,22+/m1/s1. The second kappa shape index (κ2) is 5.45. The largest absolute Gasteiger partial charge is 0.395 e. The number of aliphatic hydroxyl groups excluding tert-OH is 2. The minimum absolute atomic E-state index is 0.0678. The van der Waals surface area contributed by atoms with Gasteiger partial charge in [0, 0.05) is 25.0 Å². The van der Waals surface area contributed by atoms with Crippen molar-refractivity contribution in [3.05, 3.63) is 0 Å². The lowest BCUT2D eigenvalue weighted by Gasteiger charge is -2.73. The maximum absolute atomic E-state index is 11.3. The zero-order valence-corrected chi connectivity index (χ0v) is 16.2. The van der Waals surface area contributed by atoms with Crippen molar-refractivity contribution >= 4 is 0 Å². The highest BCUT2D eigenvalue weighted by atomic mass is 16.3. The molecule has 2 N–H and O–H groups in total. The molecule has 6 fully saturated rings. The van der Waals surface area contributed by atoms with Gasteiger partial charge in [-0.2, -0.15) is 0 Å². The maximum atomic E-state index is 11.3. The molecule has 0 amide bonds. The van der Waals surface area contributed by atoms with Gasteiger partial charge in [0.25, 0.3) is 0 Å². The molecule has 3 nitrogen and oxygen atoms in total. The number of nitrogens with zero attached hydrogens (tertiary/aromatic N) is 1. The van der Waals surface area contributed by atoms with Crippen molar-refractivity contribution in [2.24, 2.45) is 39.9 Å². The van der Waals surface area contributed by atoms with E-state index in [0.29, 0.717) is 16.7 Å². The second-order valence-corrected chi connectivity index (χ2v) is 10.9. The normalized spacial score (nSPS) is 57.8. The van der Waals surface area contributed by atoms with Crippen LogP contribution in [0.3, 0.4) is 0 Å². The van der Waals surface area contributed by atoms with Gasteiger partial charge in [-0.1, -0.05) is 20.3 Å². The molecule has 6 rings (SSSR count). The van der Waals surface area contributed by atoms with Gasteiger partial charge in [-0.05, 0) is 79.4 Å². The van der Waals surface area contributed by atoms with Crippen molar-refractivity contribution in [1.82, 2.24) is 4.90 Å². The number of β-amino-alcohol motifs (C(OH)–C–C–N with tert-alkyl or cyclic N) is 1. The Morgan fingerprint density at radius 2 is 1.80 bits per heavy atom. The summed E-state index contributed by atoms with van der Waals surface area (Å²) in [6.45, 7) is 8.37. The van der Waals surface area contributed by atoms with Gasteiger partial charge in [0.1, 0.15) is 0 Å². The topological polar surface area (TPSA) is 43.7 Å². The van der Waals surface area contributed by atoms with Crippen molar-refractivity contribution in [2.75, 3.05) is 26.2 Å². The first kappa shape index (κ1) is 17.0. The Labute approximate surface area is 153 Å². The molecule has 5 aliphatic carbocycles. The summed E-state index contributed by atoms with van der Waals surface area (Å²) >= 11 is 0. The summed E-state index contributed by atoms with van der Waals surface area (Å²) in [7, 11) is 0. The summed E-state index contributed by atoms with van der Waals surface area (Å²) in [5, 5.41) is 20.9. The molecule has 4 bridgehead atoms. The molecule has 25 heavy (non-hydrogen) atoms. The Morgan fingerprint density at radius 1 is 1.00 bits per heavy atom. The van der Waals surface area contributed by atoms with Gasteiger partial charge >= 0.3 is 0 Å². The van der Waals surface area contributed by atoms with Crippen molar-refractivity contribution in [1.29, 1.82) is 0 Å². The second-order valence-electron chi connectivity index (χ2n) is 10.9. The number of hydrogen-bond donors (Lipinski definition) is 2. The van der Waals surface area contributed by atoms with Gasteiger partial charge in [-0.3, -0.25) is 4.90 Å². The Morgan fingerprint density at radius 3 is 2.60 bits per heavy atom. The summed E-state index contributed by atoms with van der Waals surface area (Å²) in [4.78, 5) is 2.59. The lowest BCUT2D eigenvalue weighted by molar-refractivity contribution is -0.266. The number of aliphatic hydroxyl groups is 2. The van der Waals surface area contributed by atoms with E-state index in [0.717, 1.165) is 24.3 Å². The lowest BCUT2D eigenvalue weighted by Crippen LogP contribution is -2.71. The van der Waals surface area contributed by atoms with E-state index in [9.17, 15) is 10.2 Å². The van der Waals surface area contributed by atoms with E-state index in [1.54, 1.807) is 0 Å². The number of piperidine rings is 1. The van der Waals surface area contributed by atoms with E-state index in [2.05, 4.69) is 18.7 Å². The van der Waals surface area contributed by atoms with Crippen molar-refractivity contribution in [3.63, 3.8) is 0 Å². The molecular formula is C22H37NO2. The van der Waals surface area contributed by atoms with Crippen LogP contribution in [-0.4, -0.2) is 47.5 Å². The molecule has 0 aromatic rings. The highest BCUT2D eigenvalue weighted by molar-refractivity contribution is 5.19. The van der Waals surface area contributed by atoms with Crippen LogP contribution in [0.15, 0.2) is 0 Å². The first-order valence-electron chi connectivity index (χ1n) is 11.0. The van der Waals surface area contributed by atoms with Gasteiger partial charge in [0.2, 0.25) is 0 Å². The van der Waals surface area contributed by atoms with E-state index >= 15 is 0 Å². The summed E-state index contributed by atoms with van der Waals surface area (Å²) in [6, 6.07) is 0. The molecule has 5 saturated carbocycles. The van der Waals surface area contributed by atoms with E-state index in [4.69, 9.17) is 0 Å². The van der Waals surface area contributed by atoms with Gasteiger partial charge in [0.05, 0.1) is 12.7 Å². The van der Waals surface area contributed by atoms with Crippen molar-refractivity contribution in [3.8, 4) is 0 Å². The van der Waals surface area contributed by atoms with Crippen LogP contribution in [0.25, 0.3) is 0 Å². The third-order valence-electron chi connectivity index (χ3n) is 10.1. The zero-order valence-electron chi connectivity index (χ0n) is 16.2. The zero-order chi connectivity index (χ0) is 17.4. The molecule has 142 valence electrons. The van der Waals surface area contributed by atoms with E-state index in [1.807, 2.05) is 0 Å². The quantitative estimate of drug-likeness (QED) is 0.805. The van der Waals surface area contributed by atoms with Gasteiger partial charge in [0.15, 0.2) is 0 Å². The van der Waals surface area contributed by atoms with Crippen LogP contribution in [0, 0.1) is 39.9 Å². The van der Waals surface area contributed by atoms with Crippen molar-refractivity contribution < 1.29 is 10.2 Å². The highest BCUT2D eigenvalue weighted by Crippen LogP contribution is 2.73. The number of hydrogen-bond acceptors (Lipinski definition) is 3. The van der Waals surface area contributed by atoms with E-state index < -0.39 is 0 Å². The van der Waals surface area contributed by atoms with Gasteiger partial charge < -0.3 is 10.2 Å². The fourth-order valence-electron chi connectivity index (χ4n) is 9.25. The minimum atomic E-state index is -0.0678. The number of likely N-dealkylation sites (tertiary alicyclic amines) is 1. The van der Waals surface area contributed by atoms with Crippen LogP contribution < -0.4 is 0 Å². The average Bonchev–Trinajstić information content (AvgIpc) is 2.58. The fraction of sp³-hybridized carbons (Fsp3) is 1.00. The molecule has 1 saturated heterocycles. The molecule has 3 heteroatoms. The molecule has 0 aromatic carbocycles. The lowest BCUT2D eigenvalue weighted by atomic mass is 9.34. The molecule has 1 spiro atoms. The molecule has 0 aromatic heterocycles. The maximum Gasteiger partial charge on any atom is 0.0627 e. The van der Waals surface area contributed by atoms with E-state index in [-0.39, 0.29) is 18.1 Å². The Balaban J connectivity index is 1.58. The average molecular weight is 348 g/mol. The van der Waals surface area contributed by atoms with E-state index in [1.165, 1.54) is 64.5 Å². The molecule has 1 unspecified atom stereocenters. The Bertz CT molecular complexity index is 552. The Hall–Kier alpha value is -0.120. The molecule has 1 heterocycles. The molecule has 1 aliphatic heterocycles. The first-order valence-corrected chi connectivity index (χ1v) is 11.0. The summed E-state index contributed by atoms with van der Waals surface area (Å²) < 4.78 is 0. The predicted molar refractivity (Wildman–Crippen MR) is 99.1 cm³/mol. The summed E-state index contributed by atoms with van der Waals surface area (Å²) in [6.07, 6.45) is 10.7. The fourth-order valence-corrected chi connectivity index (χ4v) is 9.25. The van der Waals surface area contributed by atoms with Gasteiger partial charge in [-0.15, -0.1) is 0 Å².